The van der Waals surface area contributed by atoms with E-state index in [1.54, 1.807) is 24.3 Å². The summed E-state index contributed by atoms with van der Waals surface area (Å²) in [6.07, 6.45) is 0. The van der Waals surface area contributed by atoms with Crippen LogP contribution in [0.25, 0.3) is 5.69 Å². The number of aryl methyl sites for hydroxylation is 1. The minimum atomic E-state index is 0.0173. The number of benzene rings is 3. The number of carbonyl (C=O) groups is 1. The highest BCUT2D eigenvalue weighted by Crippen LogP contribution is 2.24. The molecule has 1 heterocycles. The molecule has 0 atom stereocenters. The van der Waals surface area contributed by atoms with Gasteiger partial charge >= 0.3 is 0 Å². The van der Waals surface area contributed by atoms with Crippen molar-refractivity contribution in [2.24, 2.45) is 0 Å². The van der Waals surface area contributed by atoms with Gasteiger partial charge in [0.05, 0.1) is 12.3 Å². The molecule has 4 aromatic rings. The molecule has 0 spiro atoms. The third kappa shape index (κ3) is 5.34. The second-order valence-corrected chi connectivity index (χ2v) is 8.39. The van der Waals surface area contributed by atoms with Crippen molar-refractivity contribution >= 4 is 34.8 Å². The summed E-state index contributed by atoms with van der Waals surface area (Å²) in [6, 6.07) is 25.0. The van der Waals surface area contributed by atoms with Gasteiger partial charge in [-0.1, -0.05) is 53.7 Å². The molecule has 0 bridgehead atoms. The highest BCUT2D eigenvalue weighted by Gasteiger charge is 2.16. The van der Waals surface area contributed by atoms with Crippen LogP contribution in [0.4, 0.5) is 5.69 Å². The summed E-state index contributed by atoms with van der Waals surface area (Å²) in [5.41, 5.74) is 3.79. The van der Waals surface area contributed by atoms with E-state index in [0.717, 1.165) is 17.2 Å². The fourth-order valence-corrected chi connectivity index (χ4v) is 4.12. The number of nitrogens with one attached hydrogen (secondary N) is 1. The second kappa shape index (κ2) is 9.81. The molecular weight excluding hydrogens is 428 g/mol. The smallest absolute Gasteiger partial charge is 0.196 e. The lowest BCUT2D eigenvalue weighted by molar-refractivity contribution is 0.102. The van der Waals surface area contributed by atoms with Crippen molar-refractivity contribution in [2.45, 2.75) is 18.6 Å². The van der Waals surface area contributed by atoms with Gasteiger partial charge in [-0.05, 0) is 61.0 Å². The van der Waals surface area contributed by atoms with E-state index in [0.29, 0.717) is 22.3 Å². The zero-order chi connectivity index (χ0) is 21.6. The third-order valence-corrected chi connectivity index (χ3v) is 5.86. The van der Waals surface area contributed by atoms with Gasteiger partial charge in [-0.2, -0.15) is 0 Å². The Kier molecular flexibility index (Phi) is 6.70. The maximum Gasteiger partial charge on any atom is 0.196 e. The quantitative estimate of drug-likeness (QED) is 0.272. The van der Waals surface area contributed by atoms with Gasteiger partial charge in [0.2, 0.25) is 0 Å². The van der Waals surface area contributed by atoms with Crippen LogP contribution in [-0.2, 0) is 6.54 Å². The van der Waals surface area contributed by atoms with Crippen LogP contribution < -0.4 is 5.32 Å². The Morgan fingerprint density at radius 3 is 2.52 bits per heavy atom. The number of nitrogens with zero attached hydrogens (tertiary/aromatic N) is 3. The fraction of sp³-hybridized carbons (Fsp3) is 0.125. The van der Waals surface area contributed by atoms with Crippen molar-refractivity contribution in [2.75, 3.05) is 11.1 Å². The van der Waals surface area contributed by atoms with E-state index in [-0.39, 0.29) is 11.5 Å². The lowest BCUT2D eigenvalue weighted by Gasteiger charge is -2.11. The van der Waals surface area contributed by atoms with Crippen LogP contribution >= 0.6 is 23.4 Å². The molecule has 0 aliphatic carbocycles. The first kappa shape index (κ1) is 21.2. The van der Waals surface area contributed by atoms with Crippen LogP contribution in [0.2, 0.25) is 5.02 Å². The number of hydrogen-bond donors (Lipinski definition) is 1. The molecule has 0 aliphatic rings. The van der Waals surface area contributed by atoms with Gasteiger partial charge in [0, 0.05) is 22.0 Å². The molecule has 4 rings (SSSR count). The van der Waals surface area contributed by atoms with Crippen LogP contribution in [-0.4, -0.2) is 26.3 Å². The van der Waals surface area contributed by atoms with Gasteiger partial charge in [-0.25, -0.2) is 0 Å². The average molecular weight is 449 g/mol. The maximum atomic E-state index is 12.6. The maximum absolute atomic E-state index is 12.6. The standard InChI is InChI=1S/C24H21ClN4OS/c1-17-6-5-7-20(14-17)26-15-23-27-28-24(29(23)21-8-3-2-4-9-21)31-16-22(30)18-10-12-19(25)13-11-18/h2-14,26H,15-16H2,1H3. The monoisotopic (exact) mass is 448 g/mol. The molecule has 0 saturated carbocycles. The molecule has 7 heteroatoms. The van der Waals surface area contributed by atoms with Crippen LogP contribution in [0.3, 0.4) is 0 Å². The molecule has 0 amide bonds. The van der Waals surface area contributed by atoms with Crippen molar-refractivity contribution in [3.8, 4) is 5.69 Å². The first-order valence-corrected chi connectivity index (χ1v) is 11.2. The Morgan fingerprint density at radius 1 is 1.00 bits per heavy atom. The SMILES string of the molecule is Cc1cccc(NCc2nnc(SCC(=O)c3ccc(Cl)cc3)n2-c2ccccc2)c1. The number of carbonyl (C=O) groups excluding carboxylic acids is 1. The van der Waals surface area contributed by atoms with E-state index in [1.807, 2.05) is 47.0 Å². The minimum Gasteiger partial charge on any atom is -0.378 e. The van der Waals surface area contributed by atoms with Gasteiger partial charge in [-0.15, -0.1) is 10.2 Å². The lowest BCUT2D eigenvalue weighted by Crippen LogP contribution is -2.09. The summed E-state index contributed by atoms with van der Waals surface area (Å²) < 4.78 is 1.99. The summed E-state index contributed by atoms with van der Waals surface area (Å²) in [5.74, 6) is 1.05. The number of rotatable bonds is 8. The van der Waals surface area contributed by atoms with Crippen LogP contribution in [0.5, 0.6) is 0 Å². The molecule has 0 radical (unpaired) electrons. The minimum absolute atomic E-state index is 0.0173. The Labute approximate surface area is 190 Å². The van der Waals surface area contributed by atoms with Crippen LogP contribution in [0.15, 0.2) is 84.0 Å². The number of halogens is 1. The van der Waals surface area contributed by atoms with Crippen molar-refractivity contribution in [1.29, 1.82) is 0 Å². The Balaban J connectivity index is 1.54. The number of hydrogen-bond acceptors (Lipinski definition) is 5. The van der Waals surface area contributed by atoms with Gasteiger partial charge in [0.25, 0.3) is 0 Å². The van der Waals surface area contributed by atoms with E-state index in [4.69, 9.17) is 11.6 Å². The van der Waals surface area contributed by atoms with E-state index >= 15 is 0 Å². The Morgan fingerprint density at radius 2 is 1.77 bits per heavy atom. The Bertz CT molecular complexity index is 1180. The summed E-state index contributed by atoms with van der Waals surface area (Å²) in [4.78, 5) is 12.6. The largest absolute Gasteiger partial charge is 0.378 e. The normalized spacial score (nSPS) is 10.8. The molecule has 0 fully saturated rings. The number of anilines is 1. The number of aromatic nitrogens is 3. The lowest BCUT2D eigenvalue weighted by atomic mass is 10.1. The number of para-hydroxylation sites is 1. The number of ketones is 1. The molecule has 5 nitrogen and oxygen atoms in total. The highest BCUT2D eigenvalue weighted by atomic mass is 35.5. The van der Waals surface area contributed by atoms with Crippen molar-refractivity contribution in [3.63, 3.8) is 0 Å². The van der Waals surface area contributed by atoms with Crippen LogP contribution in [0.1, 0.15) is 21.7 Å². The molecule has 1 N–H and O–H groups in total. The molecular formula is C24H21ClN4OS. The molecule has 1 aromatic heterocycles. The highest BCUT2D eigenvalue weighted by molar-refractivity contribution is 7.99. The number of thioether (sulfide) groups is 1. The molecule has 3 aromatic carbocycles. The average Bonchev–Trinajstić information content (AvgIpc) is 3.20. The fourth-order valence-electron chi connectivity index (χ4n) is 3.13. The van der Waals surface area contributed by atoms with Gasteiger partial charge in [0.1, 0.15) is 0 Å². The first-order chi connectivity index (χ1) is 15.1. The van der Waals surface area contributed by atoms with Gasteiger partial charge < -0.3 is 5.32 Å². The van der Waals surface area contributed by atoms with Crippen molar-refractivity contribution in [3.05, 3.63) is 101 Å². The Hall–Kier alpha value is -3.09. The zero-order valence-electron chi connectivity index (χ0n) is 17.0. The third-order valence-electron chi connectivity index (χ3n) is 4.68. The zero-order valence-corrected chi connectivity index (χ0v) is 18.5. The first-order valence-electron chi connectivity index (χ1n) is 9.82. The van der Waals surface area contributed by atoms with Crippen molar-refractivity contribution < 1.29 is 4.79 Å². The predicted octanol–water partition coefficient (Wildman–Crippen LogP) is 5.82. The van der Waals surface area contributed by atoms with E-state index in [9.17, 15) is 4.79 Å². The predicted molar refractivity (Wildman–Crippen MR) is 126 cm³/mol. The summed E-state index contributed by atoms with van der Waals surface area (Å²) in [5, 5.41) is 13.5. The molecule has 0 aliphatic heterocycles. The topological polar surface area (TPSA) is 59.8 Å². The summed E-state index contributed by atoms with van der Waals surface area (Å²) >= 11 is 7.29. The summed E-state index contributed by atoms with van der Waals surface area (Å²) in [6.45, 7) is 2.57. The van der Waals surface area contributed by atoms with Crippen LogP contribution in [0, 0.1) is 6.92 Å². The number of Topliss-reactive ketones (excluding diaryl/α,β-unsaturated/α-hetero) is 1. The second-order valence-electron chi connectivity index (χ2n) is 7.01. The summed E-state index contributed by atoms with van der Waals surface area (Å²) in [7, 11) is 0. The van der Waals surface area contributed by atoms with E-state index in [1.165, 1.54) is 17.3 Å². The van der Waals surface area contributed by atoms with E-state index in [2.05, 4.69) is 34.6 Å². The molecule has 0 unspecified atom stereocenters. The van der Waals surface area contributed by atoms with Crippen molar-refractivity contribution in [1.82, 2.24) is 14.8 Å². The van der Waals surface area contributed by atoms with E-state index < -0.39 is 0 Å². The molecule has 0 saturated heterocycles. The van der Waals surface area contributed by atoms with Gasteiger partial charge in [0.15, 0.2) is 16.8 Å². The van der Waals surface area contributed by atoms with Gasteiger partial charge in [-0.3, -0.25) is 9.36 Å². The molecule has 31 heavy (non-hydrogen) atoms. The molecule has 156 valence electrons.